The Morgan fingerprint density at radius 2 is 1.90 bits per heavy atom. The predicted octanol–water partition coefficient (Wildman–Crippen LogP) is 1.72. The zero-order valence-electron chi connectivity index (χ0n) is 12.5. The van der Waals surface area contributed by atoms with E-state index in [0.29, 0.717) is 12.8 Å². The molecule has 2 saturated heterocycles. The molecule has 0 aromatic rings. The van der Waals surface area contributed by atoms with Gasteiger partial charge in [0.1, 0.15) is 0 Å². The molecule has 20 heavy (non-hydrogen) atoms. The zero-order valence-corrected chi connectivity index (χ0v) is 13.4. The average Bonchev–Trinajstić information content (AvgIpc) is 2.64. The number of sulfone groups is 1. The largest absolute Gasteiger partial charge is 0.481 e. The Labute approximate surface area is 120 Å². The molecule has 2 aliphatic heterocycles. The second-order valence-electron chi connectivity index (χ2n) is 7.30. The van der Waals surface area contributed by atoms with E-state index in [2.05, 4.69) is 0 Å². The van der Waals surface area contributed by atoms with Crippen LogP contribution in [-0.4, -0.2) is 42.2 Å². The van der Waals surface area contributed by atoms with Crippen molar-refractivity contribution in [3.63, 3.8) is 0 Å². The van der Waals surface area contributed by atoms with E-state index in [1.54, 1.807) is 0 Å². The van der Waals surface area contributed by atoms with Crippen molar-refractivity contribution in [3.8, 4) is 0 Å². The van der Waals surface area contributed by atoms with Crippen LogP contribution >= 0.6 is 0 Å². The summed E-state index contributed by atoms with van der Waals surface area (Å²) in [6.07, 6.45) is 1.10. The molecule has 1 N–H and O–H groups in total. The lowest BCUT2D eigenvalue weighted by Crippen LogP contribution is -2.40. The normalized spacial score (nSPS) is 35.8. The van der Waals surface area contributed by atoms with E-state index in [-0.39, 0.29) is 28.9 Å². The van der Waals surface area contributed by atoms with Gasteiger partial charge in [-0.15, -0.1) is 0 Å². The molecule has 0 spiro atoms. The highest BCUT2D eigenvalue weighted by Crippen LogP contribution is 2.48. The van der Waals surface area contributed by atoms with E-state index in [9.17, 15) is 18.3 Å². The van der Waals surface area contributed by atoms with Crippen LogP contribution in [-0.2, 0) is 19.4 Å². The summed E-state index contributed by atoms with van der Waals surface area (Å²) in [5.74, 6) is -1.89. The highest BCUT2D eigenvalue weighted by molar-refractivity contribution is 7.91. The van der Waals surface area contributed by atoms with Crippen molar-refractivity contribution in [2.45, 2.75) is 51.7 Å². The zero-order chi connectivity index (χ0) is 15.3. The summed E-state index contributed by atoms with van der Waals surface area (Å²) in [5.41, 5.74) is -0.905. The Hall–Kier alpha value is -0.620. The van der Waals surface area contributed by atoms with Crippen LogP contribution in [0.2, 0.25) is 0 Å². The van der Waals surface area contributed by atoms with E-state index in [1.807, 2.05) is 27.7 Å². The maximum atomic E-state index is 11.7. The Morgan fingerprint density at radius 3 is 2.25 bits per heavy atom. The van der Waals surface area contributed by atoms with Gasteiger partial charge in [-0.25, -0.2) is 8.42 Å². The number of hydrogen-bond donors (Lipinski definition) is 1. The number of carbonyl (C=O) groups is 1. The van der Waals surface area contributed by atoms with Gasteiger partial charge in [-0.2, -0.15) is 0 Å². The van der Waals surface area contributed by atoms with Gasteiger partial charge in [-0.3, -0.25) is 4.79 Å². The Balaban J connectivity index is 2.29. The number of carboxylic acids is 1. The van der Waals surface area contributed by atoms with Gasteiger partial charge in [0.15, 0.2) is 9.84 Å². The predicted molar refractivity (Wildman–Crippen MR) is 75.2 cm³/mol. The summed E-state index contributed by atoms with van der Waals surface area (Å²) in [6.45, 7) is 7.73. The number of hydrogen-bond acceptors (Lipinski definition) is 4. The van der Waals surface area contributed by atoms with E-state index >= 15 is 0 Å². The van der Waals surface area contributed by atoms with Crippen molar-refractivity contribution < 1.29 is 23.1 Å². The molecule has 0 aromatic carbocycles. The van der Waals surface area contributed by atoms with E-state index in [4.69, 9.17) is 4.74 Å². The van der Waals surface area contributed by atoms with Crippen LogP contribution in [0.25, 0.3) is 0 Å². The van der Waals surface area contributed by atoms with Crippen LogP contribution in [0, 0.1) is 17.8 Å². The number of rotatable bonds is 3. The Kier molecular flexibility index (Phi) is 3.70. The van der Waals surface area contributed by atoms with Crippen LogP contribution in [0.15, 0.2) is 0 Å². The number of ether oxygens (including phenoxy) is 1. The Bertz CT molecular complexity index is 506. The lowest BCUT2D eigenvalue weighted by atomic mass is 9.72. The summed E-state index contributed by atoms with van der Waals surface area (Å²) < 4.78 is 29.3. The maximum Gasteiger partial charge on any atom is 0.307 e. The first-order valence-electron chi connectivity index (χ1n) is 7.07. The minimum atomic E-state index is -3.07. The molecule has 0 amide bonds. The molecule has 2 rings (SSSR count). The summed E-state index contributed by atoms with van der Waals surface area (Å²) in [6, 6.07) is 0. The van der Waals surface area contributed by atoms with Crippen molar-refractivity contribution in [1.29, 1.82) is 0 Å². The molecule has 0 radical (unpaired) electrons. The molecule has 3 unspecified atom stereocenters. The maximum absolute atomic E-state index is 11.7. The first-order valence-corrected chi connectivity index (χ1v) is 8.89. The molecule has 0 aliphatic carbocycles. The molecule has 2 aliphatic rings. The molecule has 116 valence electrons. The third-order valence-electron chi connectivity index (χ3n) is 4.64. The molecular formula is C14H24O5S. The molecule has 0 bridgehead atoms. The van der Waals surface area contributed by atoms with Gasteiger partial charge in [0.25, 0.3) is 0 Å². The van der Waals surface area contributed by atoms with Gasteiger partial charge >= 0.3 is 5.97 Å². The topological polar surface area (TPSA) is 80.7 Å². The number of carboxylic acid groups (broad SMARTS) is 1. The van der Waals surface area contributed by atoms with Gasteiger partial charge in [0.05, 0.1) is 28.6 Å². The Morgan fingerprint density at radius 1 is 1.30 bits per heavy atom. The monoisotopic (exact) mass is 304 g/mol. The lowest BCUT2D eigenvalue weighted by molar-refractivity contribution is -0.149. The fraction of sp³-hybridized carbons (Fsp3) is 0.929. The molecule has 0 aromatic heterocycles. The molecule has 6 heteroatoms. The summed E-state index contributed by atoms with van der Waals surface area (Å²) in [4.78, 5) is 11.7. The van der Waals surface area contributed by atoms with E-state index in [0.717, 1.165) is 0 Å². The third-order valence-corrected chi connectivity index (χ3v) is 6.43. The molecule has 2 fully saturated rings. The van der Waals surface area contributed by atoms with E-state index in [1.165, 1.54) is 0 Å². The standard InChI is InChI=1S/C14H24O5S/c1-13(2)7-10(14(3,4)19-13)11(12(15)16)9-5-6-20(17,18)8-9/h9-11H,5-8H2,1-4H3,(H,15,16). The quantitative estimate of drug-likeness (QED) is 0.858. The molecular weight excluding hydrogens is 280 g/mol. The van der Waals surface area contributed by atoms with Crippen molar-refractivity contribution in [3.05, 3.63) is 0 Å². The first-order chi connectivity index (χ1) is 8.94. The summed E-state index contributed by atoms with van der Waals surface area (Å²) in [5, 5.41) is 9.62. The van der Waals surface area contributed by atoms with Crippen LogP contribution in [0.1, 0.15) is 40.5 Å². The van der Waals surface area contributed by atoms with Crippen molar-refractivity contribution in [1.82, 2.24) is 0 Å². The van der Waals surface area contributed by atoms with Crippen LogP contribution in [0.3, 0.4) is 0 Å². The van der Waals surface area contributed by atoms with Gasteiger partial charge in [0, 0.05) is 5.92 Å². The minimum absolute atomic E-state index is 0.00300. The highest BCUT2D eigenvalue weighted by atomic mass is 32.2. The molecule has 0 saturated carbocycles. The summed E-state index contributed by atoms with van der Waals surface area (Å²) in [7, 11) is -3.07. The van der Waals surface area contributed by atoms with Crippen LogP contribution in [0.4, 0.5) is 0 Å². The number of aliphatic carboxylic acids is 1. The first kappa shape index (κ1) is 15.8. The second-order valence-corrected chi connectivity index (χ2v) is 9.53. The summed E-state index contributed by atoms with van der Waals surface area (Å²) >= 11 is 0. The fourth-order valence-corrected chi connectivity index (χ4v) is 5.83. The molecule has 2 heterocycles. The van der Waals surface area contributed by atoms with Gasteiger partial charge < -0.3 is 9.84 Å². The second kappa shape index (κ2) is 4.70. The van der Waals surface area contributed by atoms with Crippen molar-refractivity contribution in [2.24, 2.45) is 17.8 Å². The van der Waals surface area contributed by atoms with Gasteiger partial charge in [-0.05, 0) is 46.5 Å². The van der Waals surface area contributed by atoms with Crippen LogP contribution < -0.4 is 0 Å². The smallest absolute Gasteiger partial charge is 0.307 e. The van der Waals surface area contributed by atoms with Crippen molar-refractivity contribution >= 4 is 15.8 Å². The van der Waals surface area contributed by atoms with Gasteiger partial charge in [0.2, 0.25) is 0 Å². The van der Waals surface area contributed by atoms with E-state index < -0.39 is 27.3 Å². The van der Waals surface area contributed by atoms with Crippen molar-refractivity contribution in [2.75, 3.05) is 11.5 Å². The SMILES string of the molecule is CC1(C)CC(C(C(=O)O)C2CCS(=O)(=O)C2)C(C)(C)O1. The van der Waals surface area contributed by atoms with Crippen LogP contribution in [0.5, 0.6) is 0 Å². The highest BCUT2D eigenvalue weighted by Gasteiger charge is 2.54. The van der Waals surface area contributed by atoms with Gasteiger partial charge in [-0.1, -0.05) is 0 Å². The fourth-order valence-electron chi connectivity index (χ4n) is 3.97. The lowest BCUT2D eigenvalue weighted by Gasteiger charge is -2.33. The third kappa shape index (κ3) is 3.01. The minimum Gasteiger partial charge on any atom is -0.481 e. The molecule has 3 atom stereocenters. The average molecular weight is 304 g/mol. The molecule has 5 nitrogen and oxygen atoms in total.